The van der Waals surface area contributed by atoms with Crippen molar-refractivity contribution in [3.05, 3.63) is 122 Å². The van der Waals surface area contributed by atoms with E-state index < -0.39 is 5.76 Å². The number of methoxy groups -OCH3 is 1. The summed E-state index contributed by atoms with van der Waals surface area (Å²) in [6.45, 7) is 4.63. The second-order valence-electron chi connectivity index (χ2n) is 10.1. The monoisotopic (exact) mass is 586 g/mol. The van der Waals surface area contributed by atoms with Gasteiger partial charge >= 0.3 is 5.76 Å². The summed E-state index contributed by atoms with van der Waals surface area (Å²) in [5.41, 5.74) is 6.51. The molecule has 0 aliphatic rings. The van der Waals surface area contributed by atoms with E-state index in [0.717, 1.165) is 76.3 Å². The highest BCUT2D eigenvalue weighted by molar-refractivity contribution is 5.85. The lowest BCUT2D eigenvalue weighted by Crippen LogP contribution is -2.30. The largest absolute Gasteiger partial charge is 0.497 e. The fraction of sp³-hybridized carbons (Fsp3) is 0.273. The van der Waals surface area contributed by atoms with Crippen molar-refractivity contribution in [2.24, 2.45) is 0 Å². The Kier molecular flexibility index (Phi) is 10.1. The number of hydrogen-bond donors (Lipinski definition) is 1. The number of nitrogens with zero attached hydrogens (tertiary/aromatic N) is 3. The highest BCUT2D eigenvalue weighted by Crippen LogP contribution is 2.30. The van der Waals surface area contributed by atoms with Crippen molar-refractivity contribution in [2.45, 2.75) is 52.5 Å². The molecule has 0 atom stereocenters. The molecular formula is C33H35ClN4O4. The molecule has 5 rings (SSSR count). The molecule has 0 unspecified atom stereocenters. The van der Waals surface area contributed by atoms with Gasteiger partial charge in [-0.3, -0.25) is 18.9 Å². The van der Waals surface area contributed by atoms with E-state index in [4.69, 9.17) is 14.2 Å². The normalized spacial score (nSPS) is 10.8. The molecule has 0 aliphatic carbocycles. The van der Waals surface area contributed by atoms with Gasteiger partial charge in [-0.05, 0) is 60.6 Å². The smallest absolute Gasteiger partial charge is 0.439 e. The average Bonchev–Trinajstić information content (AvgIpc) is 3.44. The SMILES string of the molecule is CCCCc1nc(C)n(CCc2ccc(OC)cc2)c(=O)c1Cc1ccc(-c2ccccc2-c2noc(=O)[nH]2)cc1.Cl. The van der Waals surface area contributed by atoms with Crippen LogP contribution in [0.1, 0.15) is 48.0 Å². The van der Waals surface area contributed by atoms with Crippen LogP contribution in [-0.4, -0.2) is 26.8 Å². The Labute approximate surface area is 250 Å². The summed E-state index contributed by atoms with van der Waals surface area (Å²) in [4.78, 5) is 32.9. The van der Waals surface area contributed by atoms with Crippen LogP contribution in [0.15, 0.2) is 86.9 Å². The summed E-state index contributed by atoms with van der Waals surface area (Å²) in [6, 6.07) is 23.8. The van der Waals surface area contributed by atoms with Crippen LogP contribution in [-0.2, 0) is 25.8 Å². The minimum Gasteiger partial charge on any atom is -0.497 e. The minimum absolute atomic E-state index is 0. The molecule has 8 nitrogen and oxygen atoms in total. The molecule has 0 spiro atoms. The number of H-pyrrole nitrogens is 1. The molecule has 9 heteroatoms. The fourth-order valence-corrected chi connectivity index (χ4v) is 5.08. The first-order valence-corrected chi connectivity index (χ1v) is 13.9. The van der Waals surface area contributed by atoms with Crippen LogP contribution in [0.3, 0.4) is 0 Å². The zero-order valence-corrected chi connectivity index (χ0v) is 24.9. The number of hydrogen-bond acceptors (Lipinski definition) is 6. The lowest BCUT2D eigenvalue weighted by molar-refractivity contribution is 0.388. The predicted molar refractivity (Wildman–Crippen MR) is 167 cm³/mol. The van der Waals surface area contributed by atoms with E-state index in [1.807, 2.05) is 79.7 Å². The van der Waals surface area contributed by atoms with Gasteiger partial charge in [0.25, 0.3) is 5.56 Å². The summed E-state index contributed by atoms with van der Waals surface area (Å²) >= 11 is 0. The molecule has 0 saturated carbocycles. The van der Waals surface area contributed by atoms with Gasteiger partial charge in [-0.1, -0.05) is 79.2 Å². The van der Waals surface area contributed by atoms with Crippen LogP contribution in [0.2, 0.25) is 0 Å². The summed E-state index contributed by atoms with van der Waals surface area (Å²) < 4.78 is 11.8. The number of aromatic nitrogens is 4. The van der Waals surface area contributed by atoms with Gasteiger partial charge < -0.3 is 4.74 Å². The fourth-order valence-electron chi connectivity index (χ4n) is 5.08. The second-order valence-corrected chi connectivity index (χ2v) is 10.1. The average molecular weight is 587 g/mol. The number of aromatic amines is 1. The van der Waals surface area contributed by atoms with Gasteiger partial charge in [0, 0.05) is 24.1 Å². The Balaban J connectivity index is 0.00000405. The van der Waals surface area contributed by atoms with E-state index in [9.17, 15) is 9.59 Å². The van der Waals surface area contributed by atoms with Crippen molar-refractivity contribution < 1.29 is 9.26 Å². The van der Waals surface area contributed by atoms with E-state index in [1.54, 1.807) is 11.7 Å². The van der Waals surface area contributed by atoms with Gasteiger partial charge in [0.15, 0.2) is 5.82 Å². The Morgan fingerprint density at radius 2 is 1.60 bits per heavy atom. The van der Waals surface area contributed by atoms with E-state index in [2.05, 4.69) is 17.1 Å². The highest BCUT2D eigenvalue weighted by Gasteiger charge is 2.16. The quantitative estimate of drug-likeness (QED) is 0.199. The third kappa shape index (κ3) is 6.89. The van der Waals surface area contributed by atoms with Gasteiger partial charge in [0.2, 0.25) is 0 Å². The third-order valence-electron chi connectivity index (χ3n) is 7.36. The number of halogens is 1. The van der Waals surface area contributed by atoms with Gasteiger partial charge in [-0.2, -0.15) is 0 Å². The van der Waals surface area contributed by atoms with Crippen molar-refractivity contribution in [2.75, 3.05) is 7.11 Å². The summed E-state index contributed by atoms with van der Waals surface area (Å²) in [7, 11) is 1.65. The molecule has 218 valence electrons. The number of rotatable bonds is 11. The van der Waals surface area contributed by atoms with Crippen molar-refractivity contribution in [1.29, 1.82) is 0 Å². The van der Waals surface area contributed by atoms with Crippen molar-refractivity contribution >= 4 is 12.4 Å². The van der Waals surface area contributed by atoms with Crippen molar-refractivity contribution in [3.63, 3.8) is 0 Å². The molecule has 3 aromatic carbocycles. The third-order valence-corrected chi connectivity index (χ3v) is 7.36. The summed E-state index contributed by atoms with van der Waals surface area (Å²) in [6.07, 6.45) is 4.03. The maximum absolute atomic E-state index is 13.8. The second kappa shape index (κ2) is 14.0. The standard InChI is InChI=1S/C33H34N4O4.ClH/c1-4-5-10-30-29(32(38)37(22(2)34-30)20-19-23-13-17-26(40-3)18-14-23)21-24-11-15-25(16-12-24)27-8-6-7-9-28(27)31-35-33(39)41-36-31;/h6-9,11-18H,4-5,10,19-21H2,1-3H3,(H,35,36,39);1H. The molecule has 0 bridgehead atoms. The maximum atomic E-state index is 13.8. The van der Waals surface area contributed by atoms with E-state index in [0.29, 0.717) is 18.8 Å². The van der Waals surface area contributed by atoms with Gasteiger partial charge in [0.05, 0.1) is 12.8 Å². The molecule has 0 saturated heterocycles. The number of nitrogens with one attached hydrogen (secondary N) is 1. The molecule has 2 aromatic heterocycles. The topological polar surface area (TPSA) is 103 Å². The van der Waals surface area contributed by atoms with Crippen LogP contribution in [0.4, 0.5) is 0 Å². The molecule has 0 fully saturated rings. The predicted octanol–water partition coefficient (Wildman–Crippen LogP) is 6.17. The Morgan fingerprint density at radius 1 is 0.905 bits per heavy atom. The summed E-state index contributed by atoms with van der Waals surface area (Å²) in [5.74, 6) is 1.35. The highest BCUT2D eigenvalue weighted by atomic mass is 35.5. The number of benzene rings is 3. The van der Waals surface area contributed by atoms with Crippen molar-refractivity contribution in [3.8, 4) is 28.3 Å². The first-order valence-electron chi connectivity index (χ1n) is 13.9. The number of unbranched alkanes of at least 4 members (excludes halogenated alkanes) is 1. The van der Waals surface area contributed by atoms with Crippen LogP contribution in [0.5, 0.6) is 5.75 Å². The summed E-state index contributed by atoms with van der Waals surface area (Å²) in [5, 5.41) is 3.85. The van der Waals surface area contributed by atoms with Crippen LogP contribution < -0.4 is 16.1 Å². The van der Waals surface area contributed by atoms with Crippen LogP contribution in [0.25, 0.3) is 22.5 Å². The lowest BCUT2D eigenvalue weighted by atomic mass is 9.96. The molecule has 0 aliphatic heterocycles. The molecule has 5 aromatic rings. The molecular weight excluding hydrogens is 552 g/mol. The Bertz CT molecular complexity index is 1740. The van der Waals surface area contributed by atoms with Gasteiger partial charge in [-0.15, -0.1) is 12.4 Å². The van der Waals surface area contributed by atoms with Gasteiger partial charge in [-0.25, -0.2) is 9.78 Å². The maximum Gasteiger partial charge on any atom is 0.439 e. The minimum atomic E-state index is -0.592. The van der Waals surface area contributed by atoms with E-state index in [1.165, 1.54) is 0 Å². The lowest BCUT2D eigenvalue weighted by Gasteiger charge is -2.16. The Hall–Kier alpha value is -4.43. The Morgan fingerprint density at radius 3 is 2.24 bits per heavy atom. The molecule has 0 amide bonds. The van der Waals surface area contributed by atoms with Crippen LogP contribution >= 0.6 is 12.4 Å². The zero-order chi connectivity index (χ0) is 28.8. The molecule has 42 heavy (non-hydrogen) atoms. The van der Waals surface area contributed by atoms with E-state index >= 15 is 0 Å². The molecule has 1 N–H and O–H groups in total. The molecule has 2 heterocycles. The number of ether oxygens (including phenoxy) is 1. The van der Waals surface area contributed by atoms with E-state index in [-0.39, 0.29) is 18.0 Å². The first-order chi connectivity index (χ1) is 20.0. The number of aryl methyl sites for hydroxylation is 3. The molecule has 0 radical (unpaired) electrons. The van der Waals surface area contributed by atoms with Crippen LogP contribution in [0, 0.1) is 6.92 Å². The van der Waals surface area contributed by atoms with Gasteiger partial charge in [0.1, 0.15) is 11.6 Å². The van der Waals surface area contributed by atoms with Crippen molar-refractivity contribution in [1.82, 2.24) is 19.7 Å². The zero-order valence-electron chi connectivity index (χ0n) is 24.1. The first kappa shape index (κ1) is 30.5.